The minimum Gasteiger partial charge on any atom is -0.460 e. The lowest BCUT2D eigenvalue weighted by Gasteiger charge is -2.16. The highest BCUT2D eigenvalue weighted by Gasteiger charge is 2.22. The average Bonchev–Trinajstić information content (AvgIpc) is 2.48. The van der Waals surface area contributed by atoms with Gasteiger partial charge in [-0.05, 0) is 38.5 Å². The Balaban J connectivity index is -0.000000342. The number of ether oxygens (including phenoxy) is 1. The number of aliphatic hydroxyl groups excluding tert-OH is 2. The van der Waals surface area contributed by atoms with Crippen LogP contribution in [0.15, 0.2) is 24.3 Å². The maximum Gasteiger partial charge on any atom is 0.311 e. The summed E-state index contributed by atoms with van der Waals surface area (Å²) in [7, 11) is -0.541. The van der Waals surface area contributed by atoms with E-state index in [1.165, 1.54) is 0 Å². The summed E-state index contributed by atoms with van der Waals surface area (Å²) in [5.74, 6) is 0.318. The van der Waals surface area contributed by atoms with E-state index < -0.39 is 12.8 Å². The van der Waals surface area contributed by atoms with Gasteiger partial charge in [-0.15, -0.1) is 0 Å². The molecule has 0 radical (unpaired) electrons. The maximum atomic E-state index is 11.6. The second kappa shape index (κ2) is 14.9. The molecule has 0 fully saturated rings. The number of hydrogen-bond donors (Lipinski definition) is 2. The van der Waals surface area contributed by atoms with Crippen molar-refractivity contribution < 1.29 is 28.8 Å². The molecule has 0 heterocycles. The Labute approximate surface area is 153 Å². The van der Waals surface area contributed by atoms with Crippen LogP contribution in [0.4, 0.5) is 0 Å². The third-order valence-electron chi connectivity index (χ3n) is 2.23. The first kappa shape index (κ1) is 31.4. The van der Waals surface area contributed by atoms with Crippen molar-refractivity contribution in [3.8, 4) is 5.75 Å². The van der Waals surface area contributed by atoms with Crippen molar-refractivity contribution in [2.45, 2.75) is 42.2 Å². The molecule has 0 bridgehead atoms. The van der Waals surface area contributed by atoms with E-state index in [0.717, 1.165) is 19.8 Å². The number of carbonyl (C=O) groups excluding carboxylic acids is 1. The molecule has 7 heteroatoms. The van der Waals surface area contributed by atoms with E-state index in [4.69, 9.17) is 19.5 Å². The molecule has 0 saturated carbocycles. The molecule has 150 valence electrons. The zero-order chi connectivity index (χ0) is 18.7. The van der Waals surface area contributed by atoms with Crippen LogP contribution >= 0.6 is 7.37 Å². The van der Waals surface area contributed by atoms with E-state index in [2.05, 4.69) is 0 Å². The molecule has 1 aromatic rings. The number of rotatable bonds is 4. The average molecular weight is 380 g/mol. The van der Waals surface area contributed by atoms with Crippen molar-refractivity contribution in [2.75, 3.05) is 27.5 Å². The van der Waals surface area contributed by atoms with Gasteiger partial charge in [-0.2, -0.15) is 0 Å². The number of benzene rings is 1. The normalized spacial score (nSPS) is 9.64. The second-order valence-corrected chi connectivity index (χ2v) is 8.50. The zero-order valence-corrected chi connectivity index (χ0v) is 15.9. The van der Waals surface area contributed by atoms with E-state index in [9.17, 15) is 9.36 Å². The fourth-order valence-electron chi connectivity index (χ4n) is 1.27. The molecule has 1 rings (SSSR count). The van der Waals surface area contributed by atoms with Gasteiger partial charge in [-0.3, -0.25) is 9.36 Å². The van der Waals surface area contributed by atoms with Gasteiger partial charge in [-0.25, -0.2) is 0 Å². The molecule has 0 saturated heterocycles. The molecular weight excluding hydrogens is 343 g/mol. The van der Waals surface area contributed by atoms with Crippen LogP contribution in [0.3, 0.4) is 0 Å². The topological polar surface area (TPSA) is 93.1 Å². The van der Waals surface area contributed by atoms with Crippen molar-refractivity contribution in [3.63, 3.8) is 0 Å². The summed E-state index contributed by atoms with van der Waals surface area (Å²) in [4.78, 5) is 11.6. The van der Waals surface area contributed by atoms with E-state index in [0.29, 0.717) is 5.75 Å². The standard InChI is InChI=1S/C14H21O4P.2CH4O.2CH4/c1-14(2,3)13(15)17-10-11-6-8-12(9-7-11)18-19(4,5)16;2*1-2;;/h6-9H,10H2,1-5H3;2*2H,1H3;2*1H4. The first-order valence-corrected chi connectivity index (χ1v) is 9.50. The van der Waals surface area contributed by atoms with E-state index in [1.807, 2.05) is 20.8 Å². The fourth-order valence-corrected chi connectivity index (χ4v) is 1.90. The molecule has 0 aromatic heterocycles. The molecule has 0 aliphatic carbocycles. The van der Waals surface area contributed by atoms with Crippen LogP contribution in [0, 0.1) is 5.41 Å². The summed E-state index contributed by atoms with van der Waals surface area (Å²) < 4.78 is 22.0. The molecular formula is C18H37O6P. The quantitative estimate of drug-likeness (QED) is 0.601. The lowest BCUT2D eigenvalue weighted by Crippen LogP contribution is -2.22. The fraction of sp³-hybridized carbons (Fsp3) is 0.611. The van der Waals surface area contributed by atoms with Gasteiger partial charge in [-0.1, -0.05) is 27.0 Å². The van der Waals surface area contributed by atoms with Crippen LogP contribution < -0.4 is 4.52 Å². The molecule has 0 amide bonds. The number of aliphatic hydroxyl groups is 2. The van der Waals surface area contributed by atoms with Gasteiger partial charge in [0.2, 0.25) is 7.37 Å². The smallest absolute Gasteiger partial charge is 0.311 e. The van der Waals surface area contributed by atoms with Crippen molar-refractivity contribution in [2.24, 2.45) is 5.41 Å². The Hall–Kier alpha value is -1.36. The summed E-state index contributed by atoms with van der Waals surface area (Å²) in [5.41, 5.74) is 0.368. The van der Waals surface area contributed by atoms with Gasteiger partial charge in [0.1, 0.15) is 12.4 Å². The Kier molecular flexibility index (Phi) is 18.8. The summed E-state index contributed by atoms with van der Waals surface area (Å²) in [6.45, 7) is 8.79. The van der Waals surface area contributed by atoms with E-state index in [1.54, 1.807) is 37.6 Å². The molecule has 0 atom stereocenters. The molecule has 0 aliphatic rings. The van der Waals surface area contributed by atoms with Crippen LogP contribution in [-0.4, -0.2) is 43.7 Å². The van der Waals surface area contributed by atoms with Crippen LogP contribution in [0.25, 0.3) is 0 Å². The maximum absolute atomic E-state index is 11.6. The Bertz CT molecular complexity index is 485. The highest BCUT2D eigenvalue weighted by molar-refractivity contribution is 7.57. The Morgan fingerprint density at radius 3 is 1.72 bits per heavy atom. The van der Waals surface area contributed by atoms with Gasteiger partial charge in [0, 0.05) is 27.5 Å². The molecule has 0 spiro atoms. The summed E-state index contributed by atoms with van der Waals surface area (Å²) in [5, 5.41) is 14.0. The third kappa shape index (κ3) is 15.9. The minimum atomic E-state index is -2.54. The van der Waals surface area contributed by atoms with Crippen molar-refractivity contribution >= 4 is 13.3 Å². The van der Waals surface area contributed by atoms with Crippen LogP contribution in [0.2, 0.25) is 0 Å². The first-order chi connectivity index (χ1) is 10.6. The molecule has 2 N–H and O–H groups in total. The Morgan fingerprint density at radius 1 is 1.00 bits per heavy atom. The molecule has 0 unspecified atom stereocenters. The van der Waals surface area contributed by atoms with Crippen LogP contribution in [0.1, 0.15) is 41.2 Å². The van der Waals surface area contributed by atoms with E-state index >= 15 is 0 Å². The lowest BCUT2D eigenvalue weighted by atomic mass is 9.97. The summed E-state index contributed by atoms with van der Waals surface area (Å²) >= 11 is 0. The largest absolute Gasteiger partial charge is 0.460 e. The lowest BCUT2D eigenvalue weighted by molar-refractivity contribution is -0.154. The van der Waals surface area contributed by atoms with Gasteiger partial charge >= 0.3 is 5.97 Å². The predicted molar refractivity (Wildman–Crippen MR) is 106 cm³/mol. The summed E-state index contributed by atoms with van der Waals surface area (Å²) in [6.07, 6.45) is 0. The van der Waals surface area contributed by atoms with E-state index in [-0.39, 0.29) is 27.4 Å². The molecule has 6 nitrogen and oxygen atoms in total. The van der Waals surface area contributed by atoms with Crippen molar-refractivity contribution in [1.82, 2.24) is 0 Å². The van der Waals surface area contributed by atoms with Crippen molar-refractivity contribution in [1.29, 1.82) is 0 Å². The highest BCUT2D eigenvalue weighted by atomic mass is 31.2. The minimum absolute atomic E-state index is 0. The number of carbonyl (C=O) groups is 1. The van der Waals surface area contributed by atoms with Crippen molar-refractivity contribution in [3.05, 3.63) is 29.8 Å². The van der Waals surface area contributed by atoms with Gasteiger partial charge < -0.3 is 19.5 Å². The predicted octanol–water partition coefficient (Wildman–Crippen LogP) is 4.18. The SMILES string of the molecule is C.C.CC(C)(C)C(=O)OCc1ccc(OP(C)(C)=O)cc1.CO.CO. The monoisotopic (exact) mass is 380 g/mol. The number of esters is 1. The number of hydrogen-bond acceptors (Lipinski definition) is 6. The first-order valence-electron chi connectivity index (χ1n) is 6.98. The van der Waals surface area contributed by atoms with Crippen LogP contribution in [0.5, 0.6) is 5.75 Å². The zero-order valence-electron chi connectivity index (χ0n) is 15.0. The van der Waals surface area contributed by atoms with Gasteiger partial charge in [0.05, 0.1) is 5.41 Å². The molecule has 0 aliphatic heterocycles. The van der Waals surface area contributed by atoms with Gasteiger partial charge in [0.25, 0.3) is 0 Å². The van der Waals surface area contributed by atoms with Crippen LogP contribution in [-0.2, 0) is 20.7 Å². The van der Waals surface area contributed by atoms with Gasteiger partial charge in [0.15, 0.2) is 0 Å². The summed E-state index contributed by atoms with van der Waals surface area (Å²) in [6, 6.07) is 7.03. The highest BCUT2D eigenvalue weighted by Crippen LogP contribution is 2.38. The molecule has 25 heavy (non-hydrogen) atoms. The molecule has 1 aromatic carbocycles. The Morgan fingerprint density at radius 2 is 1.40 bits per heavy atom. The second-order valence-electron chi connectivity index (χ2n) is 5.81. The third-order valence-corrected chi connectivity index (χ3v) is 2.88.